The molecule has 3 heterocycles. The van der Waals surface area contributed by atoms with Gasteiger partial charge < -0.3 is 15.3 Å². The van der Waals surface area contributed by atoms with Gasteiger partial charge in [-0.3, -0.25) is 4.79 Å². The van der Waals surface area contributed by atoms with Crippen LogP contribution in [0.2, 0.25) is 0 Å². The SMILES string of the molecule is CC1N([C@H](c2ncccn2)[C@@H](C)O)C(=O)C12CCCN2. The lowest BCUT2D eigenvalue weighted by Gasteiger charge is -2.56. The van der Waals surface area contributed by atoms with E-state index in [-0.39, 0.29) is 11.9 Å². The van der Waals surface area contributed by atoms with E-state index in [1.807, 2.05) is 6.92 Å². The van der Waals surface area contributed by atoms with E-state index in [2.05, 4.69) is 15.3 Å². The van der Waals surface area contributed by atoms with Gasteiger partial charge in [0.05, 0.1) is 12.1 Å². The van der Waals surface area contributed by atoms with Gasteiger partial charge in [-0.2, -0.15) is 0 Å². The zero-order valence-corrected chi connectivity index (χ0v) is 11.8. The molecule has 2 aliphatic rings. The third kappa shape index (κ3) is 1.75. The van der Waals surface area contributed by atoms with Crippen LogP contribution in [0.1, 0.15) is 38.6 Å². The van der Waals surface area contributed by atoms with E-state index < -0.39 is 17.7 Å². The number of aliphatic hydroxyl groups excluding tert-OH is 1. The monoisotopic (exact) mass is 276 g/mol. The molecular formula is C14H20N4O2. The Bertz CT molecular complexity index is 499. The minimum absolute atomic E-state index is 0.0425. The van der Waals surface area contributed by atoms with E-state index in [0.717, 1.165) is 19.4 Å². The predicted octanol–water partition coefficient (Wildman–Crippen LogP) is 0.251. The summed E-state index contributed by atoms with van der Waals surface area (Å²) in [6.07, 6.45) is 4.45. The molecule has 3 rings (SSSR count). The Morgan fingerprint density at radius 3 is 2.70 bits per heavy atom. The highest BCUT2D eigenvalue weighted by molar-refractivity contribution is 5.94. The van der Waals surface area contributed by atoms with Gasteiger partial charge in [0, 0.05) is 12.4 Å². The first-order valence-corrected chi connectivity index (χ1v) is 7.11. The van der Waals surface area contributed by atoms with Gasteiger partial charge in [0.15, 0.2) is 5.82 Å². The zero-order valence-electron chi connectivity index (χ0n) is 11.8. The molecule has 0 aromatic carbocycles. The largest absolute Gasteiger partial charge is 0.391 e. The molecule has 0 aliphatic carbocycles. The van der Waals surface area contributed by atoms with Crippen LogP contribution in [0, 0.1) is 0 Å². The molecule has 0 bridgehead atoms. The third-order valence-electron chi connectivity index (χ3n) is 4.54. The molecule has 2 saturated heterocycles. The lowest BCUT2D eigenvalue weighted by Crippen LogP contribution is -2.77. The fourth-order valence-corrected chi connectivity index (χ4v) is 3.47. The molecule has 6 nitrogen and oxygen atoms in total. The van der Waals surface area contributed by atoms with Crippen molar-refractivity contribution >= 4 is 5.91 Å². The van der Waals surface area contributed by atoms with Crippen molar-refractivity contribution in [3.05, 3.63) is 24.3 Å². The molecule has 1 spiro atoms. The molecular weight excluding hydrogens is 256 g/mol. The molecule has 0 saturated carbocycles. The molecule has 2 N–H and O–H groups in total. The van der Waals surface area contributed by atoms with Crippen molar-refractivity contribution in [2.24, 2.45) is 0 Å². The fraction of sp³-hybridized carbons (Fsp3) is 0.643. The Hall–Kier alpha value is -1.53. The highest BCUT2D eigenvalue weighted by Gasteiger charge is 2.62. The summed E-state index contributed by atoms with van der Waals surface area (Å²) in [4.78, 5) is 22.7. The zero-order chi connectivity index (χ0) is 14.3. The summed E-state index contributed by atoms with van der Waals surface area (Å²) in [5.74, 6) is 0.552. The van der Waals surface area contributed by atoms with Gasteiger partial charge in [-0.25, -0.2) is 9.97 Å². The highest BCUT2D eigenvalue weighted by atomic mass is 16.3. The second-order valence-corrected chi connectivity index (χ2v) is 5.68. The van der Waals surface area contributed by atoms with Crippen LogP contribution in [0.3, 0.4) is 0 Å². The number of nitrogens with one attached hydrogen (secondary N) is 1. The Morgan fingerprint density at radius 1 is 1.50 bits per heavy atom. The minimum atomic E-state index is -0.706. The molecule has 1 aromatic heterocycles. The third-order valence-corrected chi connectivity index (χ3v) is 4.54. The second kappa shape index (κ2) is 4.79. The van der Waals surface area contributed by atoms with Gasteiger partial charge in [-0.15, -0.1) is 0 Å². The Labute approximate surface area is 118 Å². The molecule has 6 heteroatoms. The Balaban J connectivity index is 1.89. The summed E-state index contributed by atoms with van der Waals surface area (Å²) < 4.78 is 0. The van der Waals surface area contributed by atoms with E-state index in [1.54, 1.807) is 30.3 Å². The van der Waals surface area contributed by atoms with E-state index in [1.165, 1.54) is 0 Å². The van der Waals surface area contributed by atoms with Crippen molar-refractivity contribution in [1.82, 2.24) is 20.2 Å². The normalized spacial score (nSPS) is 32.2. The smallest absolute Gasteiger partial charge is 0.246 e. The number of β-lactam (4-membered cyclic amide) rings is 1. The van der Waals surface area contributed by atoms with E-state index in [9.17, 15) is 9.90 Å². The molecule has 108 valence electrons. The molecule has 2 unspecified atom stereocenters. The van der Waals surface area contributed by atoms with Crippen molar-refractivity contribution in [3.63, 3.8) is 0 Å². The number of aliphatic hydroxyl groups is 1. The van der Waals surface area contributed by atoms with Gasteiger partial charge in [-0.05, 0) is 39.3 Å². The summed E-state index contributed by atoms with van der Waals surface area (Å²) >= 11 is 0. The van der Waals surface area contributed by atoms with Gasteiger partial charge >= 0.3 is 0 Å². The first kappa shape index (κ1) is 13.5. The van der Waals surface area contributed by atoms with Crippen molar-refractivity contribution in [1.29, 1.82) is 0 Å². The molecule has 0 radical (unpaired) electrons. The Kier molecular flexibility index (Phi) is 3.22. The molecule has 4 atom stereocenters. The number of carbonyl (C=O) groups excluding carboxylic acids is 1. The van der Waals surface area contributed by atoms with Crippen molar-refractivity contribution in [3.8, 4) is 0 Å². The average Bonchev–Trinajstić information content (AvgIpc) is 2.96. The summed E-state index contributed by atoms with van der Waals surface area (Å²) in [6.45, 7) is 4.58. The lowest BCUT2D eigenvalue weighted by molar-refractivity contribution is -0.170. The highest BCUT2D eigenvalue weighted by Crippen LogP contribution is 2.43. The van der Waals surface area contributed by atoms with E-state index >= 15 is 0 Å². The number of hydrogen-bond acceptors (Lipinski definition) is 5. The number of likely N-dealkylation sites (tertiary alicyclic amines) is 1. The van der Waals surface area contributed by atoms with Gasteiger partial charge in [0.2, 0.25) is 5.91 Å². The summed E-state index contributed by atoms with van der Waals surface area (Å²) in [6, 6.07) is 1.29. The van der Waals surface area contributed by atoms with E-state index in [4.69, 9.17) is 0 Å². The van der Waals surface area contributed by atoms with Crippen molar-refractivity contribution in [2.45, 2.75) is 50.4 Å². The summed E-state index contributed by atoms with van der Waals surface area (Å²) in [5.41, 5.74) is -0.429. The number of nitrogens with zero attached hydrogens (tertiary/aromatic N) is 3. The van der Waals surface area contributed by atoms with Gasteiger partial charge in [-0.1, -0.05) is 0 Å². The quantitative estimate of drug-likeness (QED) is 0.774. The number of amides is 1. The minimum Gasteiger partial charge on any atom is -0.391 e. The number of hydrogen-bond donors (Lipinski definition) is 2. The molecule has 20 heavy (non-hydrogen) atoms. The van der Waals surface area contributed by atoms with Gasteiger partial charge in [0.1, 0.15) is 11.6 Å². The number of carbonyl (C=O) groups is 1. The lowest BCUT2D eigenvalue weighted by atomic mass is 9.76. The number of aromatic nitrogens is 2. The summed E-state index contributed by atoms with van der Waals surface area (Å²) in [7, 11) is 0. The van der Waals surface area contributed by atoms with Crippen LogP contribution in [-0.4, -0.2) is 50.1 Å². The van der Waals surface area contributed by atoms with Crippen LogP contribution in [0.5, 0.6) is 0 Å². The first-order chi connectivity index (χ1) is 9.58. The first-order valence-electron chi connectivity index (χ1n) is 7.11. The average molecular weight is 276 g/mol. The molecule has 2 fully saturated rings. The molecule has 2 aliphatic heterocycles. The standard InChI is InChI=1S/C14H20N4O2/c1-9(19)11(12-15-6-4-7-16-12)18-10(2)14(13(18)20)5-3-8-17-14/h4,6-7,9-11,17,19H,3,5,8H2,1-2H3/t9-,10?,11+,14?/m1/s1. The van der Waals surface area contributed by atoms with E-state index in [0.29, 0.717) is 5.82 Å². The van der Waals surface area contributed by atoms with Crippen molar-refractivity contribution < 1.29 is 9.90 Å². The number of rotatable bonds is 3. The van der Waals surface area contributed by atoms with Crippen LogP contribution in [0.15, 0.2) is 18.5 Å². The maximum absolute atomic E-state index is 12.6. The fourth-order valence-electron chi connectivity index (χ4n) is 3.47. The maximum atomic E-state index is 12.6. The summed E-state index contributed by atoms with van der Waals surface area (Å²) in [5, 5.41) is 13.4. The van der Waals surface area contributed by atoms with Crippen LogP contribution < -0.4 is 5.32 Å². The molecule has 1 aromatic rings. The van der Waals surface area contributed by atoms with Crippen LogP contribution in [-0.2, 0) is 4.79 Å². The second-order valence-electron chi connectivity index (χ2n) is 5.68. The topological polar surface area (TPSA) is 78.3 Å². The maximum Gasteiger partial charge on any atom is 0.246 e. The van der Waals surface area contributed by atoms with Crippen LogP contribution >= 0.6 is 0 Å². The van der Waals surface area contributed by atoms with Gasteiger partial charge in [0.25, 0.3) is 0 Å². The predicted molar refractivity (Wildman–Crippen MR) is 72.7 cm³/mol. The molecule has 1 amide bonds. The van der Waals surface area contributed by atoms with Crippen LogP contribution in [0.4, 0.5) is 0 Å². The van der Waals surface area contributed by atoms with Crippen LogP contribution in [0.25, 0.3) is 0 Å². The Morgan fingerprint density at radius 2 is 2.20 bits per heavy atom. The van der Waals surface area contributed by atoms with Crippen molar-refractivity contribution in [2.75, 3.05) is 6.54 Å².